The maximum Gasteiger partial charge on any atom is 0.311 e. The third kappa shape index (κ3) is 2.78. The maximum atomic E-state index is 10.9. The molecular formula is C16H13N5O3S. The molecule has 0 unspecified atom stereocenters. The Bertz CT molecular complexity index is 1010. The molecule has 0 aliphatic heterocycles. The lowest BCUT2D eigenvalue weighted by atomic mass is 10.2. The Morgan fingerprint density at radius 3 is 3.08 bits per heavy atom. The lowest BCUT2D eigenvalue weighted by Gasteiger charge is -2.02. The Balaban J connectivity index is 1.62. The number of anilines is 1. The van der Waals surface area contributed by atoms with Crippen molar-refractivity contribution in [3.05, 3.63) is 50.6 Å². The zero-order valence-corrected chi connectivity index (χ0v) is 13.8. The number of fused-ring (bicyclic) bond motifs is 3. The van der Waals surface area contributed by atoms with E-state index in [0.29, 0.717) is 11.4 Å². The first-order chi connectivity index (χ1) is 12.1. The van der Waals surface area contributed by atoms with Crippen LogP contribution in [-0.2, 0) is 12.8 Å². The molecule has 0 saturated carbocycles. The van der Waals surface area contributed by atoms with E-state index in [9.17, 15) is 15.2 Å². The summed E-state index contributed by atoms with van der Waals surface area (Å²) in [4.78, 5) is 21.1. The van der Waals surface area contributed by atoms with Crippen molar-refractivity contribution in [1.29, 1.82) is 0 Å². The van der Waals surface area contributed by atoms with Crippen LogP contribution in [0, 0.1) is 10.1 Å². The van der Waals surface area contributed by atoms with Gasteiger partial charge in [0.25, 0.3) is 0 Å². The molecule has 0 radical (unpaired) electrons. The fourth-order valence-electron chi connectivity index (χ4n) is 2.95. The molecule has 2 aromatic heterocycles. The quantitative estimate of drug-likeness (QED) is 0.422. The van der Waals surface area contributed by atoms with Crippen LogP contribution in [0.2, 0.25) is 0 Å². The van der Waals surface area contributed by atoms with Gasteiger partial charge in [-0.05, 0) is 37.0 Å². The minimum Gasteiger partial charge on any atom is -0.502 e. The smallest absolute Gasteiger partial charge is 0.311 e. The van der Waals surface area contributed by atoms with Crippen molar-refractivity contribution in [2.45, 2.75) is 19.3 Å². The van der Waals surface area contributed by atoms with Crippen molar-refractivity contribution >= 4 is 39.3 Å². The highest BCUT2D eigenvalue weighted by Gasteiger charge is 2.21. The topological polar surface area (TPSA) is 114 Å². The van der Waals surface area contributed by atoms with Crippen LogP contribution in [0.5, 0.6) is 5.75 Å². The molecule has 2 heterocycles. The van der Waals surface area contributed by atoms with Gasteiger partial charge in [-0.25, -0.2) is 9.97 Å². The summed E-state index contributed by atoms with van der Waals surface area (Å²) in [5, 5.41) is 25.5. The van der Waals surface area contributed by atoms with Crippen LogP contribution in [0.4, 0.5) is 11.5 Å². The minimum absolute atomic E-state index is 0.357. The SMILES string of the molecule is O=[N+]([O-])c1cc(/C=N/Nc2ncnc3sc4c(c23)CCC4)ccc1O. The summed E-state index contributed by atoms with van der Waals surface area (Å²) in [5.74, 6) is 0.260. The zero-order chi connectivity index (χ0) is 17.4. The molecule has 3 aromatic rings. The van der Waals surface area contributed by atoms with Gasteiger partial charge in [-0.2, -0.15) is 5.10 Å². The number of hydrogen-bond donors (Lipinski definition) is 2. The Labute approximate surface area is 146 Å². The number of nitrogens with one attached hydrogen (secondary N) is 1. The van der Waals surface area contributed by atoms with Gasteiger partial charge in [0.2, 0.25) is 0 Å². The average molecular weight is 355 g/mol. The first-order valence-corrected chi connectivity index (χ1v) is 8.47. The van der Waals surface area contributed by atoms with Gasteiger partial charge in [-0.15, -0.1) is 11.3 Å². The van der Waals surface area contributed by atoms with Gasteiger partial charge >= 0.3 is 5.69 Å². The molecule has 0 fully saturated rings. The monoisotopic (exact) mass is 355 g/mol. The summed E-state index contributed by atoms with van der Waals surface area (Å²) >= 11 is 1.69. The predicted octanol–water partition coefficient (Wildman–Crippen LogP) is 3.24. The first-order valence-electron chi connectivity index (χ1n) is 7.65. The van der Waals surface area contributed by atoms with Crippen LogP contribution in [-0.4, -0.2) is 26.2 Å². The number of nitro benzene ring substituents is 1. The number of nitrogens with zero attached hydrogens (tertiary/aromatic N) is 4. The highest BCUT2D eigenvalue weighted by Crippen LogP contribution is 2.38. The molecule has 1 aliphatic rings. The summed E-state index contributed by atoms with van der Waals surface area (Å²) in [6.45, 7) is 0. The van der Waals surface area contributed by atoms with E-state index < -0.39 is 4.92 Å². The third-order valence-corrected chi connectivity index (χ3v) is 5.28. The number of hydrogen-bond acceptors (Lipinski definition) is 8. The highest BCUT2D eigenvalue weighted by molar-refractivity contribution is 7.19. The van der Waals surface area contributed by atoms with Crippen molar-refractivity contribution < 1.29 is 10.0 Å². The van der Waals surface area contributed by atoms with E-state index in [0.717, 1.165) is 29.5 Å². The summed E-state index contributed by atoms with van der Waals surface area (Å²) < 4.78 is 0. The lowest BCUT2D eigenvalue weighted by Crippen LogP contribution is -1.96. The van der Waals surface area contributed by atoms with Gasteiger partial charge in [-0.3, -0.25) is 15.5 Å². The van der Waals surface area contributed by atoms with Crippen LogP contribution in [0.3, 0.4) is 0 Å². The standard InChI is InChI=1S/C16H13N5O3S/c22-12-5-4-9(6-11(12)21(23)24)7-19-20-15-14-10-2-1-3-13(10)25-16(14)18-8-17-15/h4-8,22H,1-3H2,(H,17,18,20)/b19-7+. The van der Waals surface area contributed by atoms with Crippen LogP contribution >= 0.6 is 11.3 Å². The van der Waals surface area contributed by atoms with Gasteiger partial charge in [-0.1, -0.05) is 0 Å². The normalized spacial score (nSPS) is 13.4. The molecule has 0 atom stereocenters. The fraction of sp³-hybridized carbons (Fsp3) is 0.188. The molecule has 0 saturated heterocycles. The first kappa shape index (κ1) is 15.5. The van der Waals surface area contributed by atoms with Crippen molar-refractivity contribution in [3.63, 3.8) is 0 Å². The third-order valence-electron chi connectivity index (χ3n) is 4.08. The molecule has 9 heteroatoms. The number of thiophene rings is 1. The van der Waals surface area contributed by atoms with E-state index in [2.05, 4.69) is 20.5 Å². The summed E-state index contributed by atoms with van der Waals surface area (Å²) in [6, 6.07) is 4.08. The van der Waals surface area contributed by atoms with E-state index >= 15 is 0 Å². The highest BCUT2D eigenvalue weighted by atomic mass is 32.1. The second-order valence-corrected chi connectivity index (χ2v) is 6.72. The van der Waals surface area contributed by atoms with Crippen LogP contribution in [0.15, 0.2) is 29.6 Å². The predicted molar refractivity (Wildman–Crippen MR) is 95.4 cm³/mol. The van der Waals surface area contributed by atoms with Crippen LogP contribution in [0.1, 0.15) is 22.4 Å². The molecule has 0 bridgehead atoms. The number of phenolic OH excluding ortho intramolecular Hbond substituents is 1. The number of benzene rings is 1. The van der Waals surface area contributed by atoms with E-state index in [1.165, 1.54) is 35.1 Å². The molecule has 0 spiro atoms. The van der Waals surface area contributed by atoms with E-state index in [1.807, 2.05) is 0 Å². The maximum absolute atomic E-state index is 10.9. The van der Waals surface area contributed by atoms with E-state index in [-0.39, 0.29) is 11.4 Å². The Morgan fingerprint density at radius 1 is 1.36 bits per heavy atom. The van der Waals surface area contributed by atoms with Crippen molar-refractivity contribution in [2.75, 3.05) is 5.43 Å². The number of aromatic nitrogens is 2. The molecule has 4 rings (SSSR count). The molecule has 0 amide bonds. The fourth-order valence-corrected chi connectivity index (χ4v) is 4.18. The van der Waals surface area contributed by atoms with Gasteiger partial charge in [0.15, 0.2) is 11.6 Å². The molecule has 8 nitrogen and oxygen atoms in total. The number of hydrazone groups is 1. The zero-order valence-electron chi connectivity index (χ0n) is 13.0. The second kappa shape index (κ2) is 6.10. The van der Waals surface area contributed by atoms with Crippen molar-refractivity contribution in [2.24, 2.45) is 5.10 Å². The number of rotatable bonds is 4. The van der Waals surface area contributed by atoms with Crippen LogP contribution in [0.25, 0.3) is 10.2 Å². The van der Waals surface area contributed by atoms with Crippen molar-refractivity contribution in [1.82, 2.24) is 9.97 Å². The van der Waals surface area contributed by atoms with E-state index in [1.54, 1.807) is 17.4 Å². The molecule has 1 aromatic carbocycles. The lowest BCUT2D eigenvalue weighted by molar-refractivity contribution is -0.385. The van der Waals surface area contributed by atoms with Crippen LogP contribution < -0.4 is 5.43 Å². The number of nitro groups is 1. The van der Waals surface area contributed by atoms with E-state index in [4.69, 9.17) is 0 Å². The molecular weight excluding hydrogens is 342 g/mol. The second-order valence-electron chi connectivity index (χ2n) is 5.64. The summed E-state index contributed by atoms with van der Waals surface area (Å²) in [5.41, 5.74) is 4.34. The number of aromatic hydroxyl groups is 1. The van der Waals surface area contributed by atoms with Gasteiger partial charge in [0.05, 0.1) is 16.5 Å². The van der Waals surface area contributed by atoms with Gasteiger partial charge < -0.3 is 5.11 Å². The summed E-state index contributed by atoms with van der Waals surface area (Å²) in [7, 11) is 0. The van der Waals surface area contributed by atoms with Crippen molar-refractivity contribution in [3.8, 4) is 5.75 Å². The molecule has 1 aliphatic carbocycles. The average Bonchev–Trinajstić information content (AvgIpc) is 3.17. The molecule has 25 heavy (non-hydrogen) atoms. The van der Waals surface area contributed by atoms with Gasteiger partial charge in [0.1, 0.15) is 11.2 Å². The Hall–Kier alpha value is -3.07. The number of phenols is 1. The molecule has 2 N–H and O–H groups in total. The summed E-state index contributed by atoms with van der Waals surface area (Å²) in [6.07, 6.45) is 6.19. The largest absolute Gasteiger partial charge is 0.502 e. The minimum atomic E-state index is -0.636. The Morgan fingerprint density at radius 2 is 2.24 bits per heavy atom. The molecule has 126 valence electrons. The number of aryl methyl sites for hydroxylation is 2. The Kier molecular flexibility index (Phi) is 3.77. The van der Waals surface area contributed by atoms with Gasteiger partial charge in [0, 0.05) is 16.5 Å².